The Bertz CT molecular complexity index is 370. The number of likely N-dealkylation sites (tertiary alicyclic amines) is 1. The first-order chi connectivity index (χ1) is 7.78. The van der Waals surface area contributed by atoms with E-state index in [1.165, 1.54) is 0 Å². The molecule has 1 rings (SSSR count). The number of nitrogens with zero attached hydrogens (tertiary/aromatic N) is 2. The second-order valence-electron chi connectivity index (χ2n) is 4.77. The lowest BCUT2D eigenvalue weighted by Gasteiger charge is -2.17. The van der Waals surface area contributed by atoms with Crippen LogP contribution < -0.4 is 0 Å². The zero-order valence-electron chi connectivity index (χ0n) is 10.2. The summed E-state index contributed by atoms with van der Waals surface area (Å²) in [6.45, 7) is 2.12. The van der Waals surface area contributed by atoms with Gasteiger partial charge >= 0.3 is 0 Å². The molecule has 7 heteroatoms. The quantitative estimate of drug-likeness (QED) is 0.660. The summed E-state index contributed by atoms with van der Waals surface area (Å²) in [5.74, 6) is -0.219. The minimum Gasteiger partial charge on any atom is -0.342 e. The fraction of sp³-hybridized carbons (Fsp3) is 0.900. The van der Waals surface area contributed by atoms with Crippen LogP contribution in [-0.4, -0.2) is 63.6 Å². The first-order valence-corrected chi connectivity index (χ1v) is 8.10. The van der Waals surface area contributed by atoms with Gasteiger partial charge in [0, 0.05) is 36.1 Å². The molecule has 1 atom stereocenters. The van der Waals surface area contributed by atoms with E-state index in [-0.39, 0.29) is 17.6 Å². The fourth-order valence-electron chi connectivity index (χ4n) is 2.04. The first kappa shape index (κ1) is 14.7. The molecule has 1 fully saturated rings. The van der Waals surface area contributed by atoms with Crippen LogP contribution in [0, 0.1) is 5.92 Å². The predicted octanol–water partition coefficient (Wildman–Crippen LogP) is 0.355. The molecule has 5 nitrogen and oxygen atoms in total. The number of amides is 1. The highest BCUT2D eigenvalue weighted by atomic mass is 35.7. The van der Waals surface area contributed by atoms with Crippen LogP contribution in [0.25, 0.3) is 0 Å². The van der Waals surface area contributed by atoms with Crippen LogP contribution in [-0.2, 0) is 13.8 Å². The molecule has 0 bridgehead atoms. The van der Waals surface area contributed by atoms with Crippen LogP contribution in [0.15, 0.2) is 0 Å². The Morgan fingerprint density at radius 2 is 2.12 bits per heavy atom. The van der Waals surface area contributed by atoms with Crippen molar-refractivity contribution in [3.05, 3.63) is 0 Å². The molecule has 1 heterocycles. The monoisotopic (exact) mass is 282 g/mol. The van der Waals surface area contributed by atoms with Gasteiger partial charge in [-0.15, -0.1) is 0 Å². The van der Waals surface area contributed by atoms with E-state index in [4.69, 9.17) is 10.7 Å². The molecule has 0 aliphatic carbocycles. The molecule has 1 unspecified atom stereocenters. The van der Waals surface area contributed by atoms with Crippen molar-refractivity contribution in [2.24, 2.45) is 5.92 Å². The Balaban J connectivity index is 2.37. The van der Waals surface area contributed by atoms with E-state index in [0.717, 1.165) is 13.0 Å². The third kappa shape index (κ3) is 5.70. The average molecular weight is 283 g/mol. The summed E-state index contributed by atoms with van der Waals surface area (Å²) in [6.07, 6.45) is 1.20. The summed E-state index contributed by atoms with van der Waals surface area (Å²) in [5, 5.41) is 0. The van der Waals surface area contributed by atoms with E-state index in [2.05, 4.69) is 4.90 Å². The third-order valence-electron chi connectivity index (χ3n) is 2.76. The molecular formula is C10H19ClN2O3S. The maximum absolute atomic E-state index is 11.6. The summed E-state index contributed by atoms with van der Waals surface area (Å²) < 4.78 is 21.9. The van der Waals surface area contributed by atoms with Crippen LogP contribution in [0.5, 0.6) is 0 Å². The van der Waals surface area contributed by atoms with Gasteiger partial charge in [-0.05, 0) is 27.1 Å². The minimum absolute atomic E-state index is 0.0362. The molecule has 0 aromatic carbocycles. The van der Waals surface area contributed by atoms with Crippen molar-refractivity contribution in [1.29, 1.82) is 0 Å². The lowest BCUT2D eigenvalue weighted by molar-refractivity contribution is -0.127. The number of rotatable bonds is 6. The molecule has 1 saturated heterocycles. The van der Waals surface area contributed by atoms with Crippen molar-refractivity contribution in [3.8, 4) is 0 Å². The van der Waals surface area contributed by atoms with Crippen LogP contribution in [0.4, 0.5) is 0 Å². The van der Waals surface area contributed by atoms with Crippen LogP contribution in [0.3, 0.4) is 0 Å². The molecule has 1 aliphatic heterocycles. The highest BCUT2D eigenvalue weighted by Crippen LogP contribution is 2.20. The maximum atomic E-state index is 11.6. The lowest BCUT2D eigenvalue weighted by Crippen LogP contribution is -2.29. The van der Waals surface area contributed by atoms with E-state index in [1.54, 1.807) is 4.90 Å². The standard InChI is InChI=1S/C10H19ClN2O3S/c1-12(2)4-3-5-13-7-9(6-10(13)14)8-17(11,15)16/h9H,3-8H2,1-2H3. The molecule has 0 radical (unpaired) electrons. The average Bonchev–Trinajstić information content (AvgIpc) is 2.42. The maximum Gasteiger partial charge on any atom is 0.232 e. The van der Waals surface area contributed by atoms with E-state index in [0.29, 0.717) is 19.5 Å². The van der Waals surface area contributed by atoms with Gasteiger partial charge in [0.25, 0.3) is 0 Å². The highest BCUT2D eigenvalue weighted by molar-refractivity contribution is 8.13. The van der Waals surface area contributed by atoms with Gasteiger partial charge in [0.05, 0.1) is 5.75 Å². The van der Waals surface area contributed by atoms with Crippen LogP contribution in [0.2, 0.25) is 0 Å². The van der Waals surface area contributed by atoms with E-state index >= 15 is 0 Å². The van der Waals surface area contributed by atoms with Crippen molar-refractivity contribution in [3.63, 3.8) is 0 Å². The number of carbonyl (C=O) groups is 1. The third-order valence-corrected chi connectivity index (χ3v) is 4.01. The predicted molar refractivity (Wildman–Crippen MR) is 67.5 cm³/mol. The number of carbonyl (C=O) groups excluding carboxylic acids is 1. The van der Waals surface area contributed by atoms with Gasteiger partial charge in [-0.2, -0.15) is 0 Å². The zero-order valence-corrected chi connectivity index (χ0v) is 11.8. The Morgan fingerprint density at radius 1 is 1.47 bits per heavy atom. The molecule has 17 heavy (non-hydrogen) atoms. The largest absolute Gasteiger partial charge is 0.342 e. The smallest absolute Gasteiger partial charge is 0.232 e. The number of halogens is 1. The van der Waals surface area contributed by atoms with Gasteiger partial charge in [0.2, 0.25) is 15.0 Å². The van der Waals surface area contributed by atoms with Crippen molar-refractivity contribution >= 4 is 25.6 Å². The minimum atomic E-state index is -3.50. The molecule has 1 amide bonds. The Kier molecular flexibility index (Phi) is 5.22. The molecule has 0 aromatic heterocycles. The molecule has 1 aliphatic rings. The van der Waals surface area contributed by atoms with Crippen molar-refractivity contribution < 1.29 is 13.2 Å². The topological polar surface area (TPSA) is 57.7 Å². The van der Waals surface area contributed by atoms with Crippen LogP contribution >= 0.6 is 10.7 Å². The van der Waals surface area contributed by atoms with Gasteiger partial charge in [-0.3, -0.25) is 4.79 Å². The molecule has 0 spiro atoms. The summed E-state index contributed by atoms with van der Waals surface area (Å²) in [6, 6.07) is 0. The number of hydrogen-bond donors (Lipinski definition) is 0. The Morgan fingerprint density at radius 3 is 2.65 bits per heavy atom. The highest BCUT2D eigenvalue weighted by Gasteiger charge is 2.31. The van der Waals surface area contributed by atoms with Gasteiger partial charge < -0.3 is 9.80 Å². The van der Waals surface area contributed by atoms with Crippen molar-refractivity contribution in [2.75, 3.05) is 39.5 Å². The first-order valence-electron chi connectivity index (χ1n) is 5.63. The van der Waals surface area contributed by atoms with Crippen molar-refractivity contribution in [2.45, 2.75) is 12.8 Å². The lowest BCUT2D eigenvalue weighted by atomic mass is 10.1. The second-order valence-corrected chi connectivity index (χ2v) is 7.59. The van der Waals surface area contributed by atoms with Gasteiger partial charge in [-0.25, -0.2) is 8.42 Å². The molecule has 0 saturated carbocycles. The second kappa shape index (κ2) is 6.02. The molecule has 0 N–H and O–H groups in total. The van der Waals surface area contributed by atoms with E-state index < -0.39 is 9.05 Å². The number of hydrogen-bond acceptors (Lipinski definition) is 4. The fourth-order valence-corrected chi connectivity index (χ4v) is 3.36. The van der Waals surface area contributed by atoms with Gasteiger partial charge in [0.15, 0.2) is 0 Å². The summed E-state index contributed by atoms with van der Waals surface area (Å²) in [5.41, 5.74) is 0. The van der Waals surface area contributed by atoms with Crippen LogP contribution in [0.1, 0.15) is 12.8 Å². The SMILES string of the molecule is CN(C)CCCN1CC(CS(=O)(=O)Cl)CC1=O. The summed E-state index contributed by atoms with van der Waals surface area (Å²) in [4.78, 5) is 15.4. The van der Waals surface area contributed by atoms with E-state index in [1.807, 2.05) is 14.1 Å². The summed E-state index contributed by atoms with van der Waals surface area (Å²) in [7, 11) is 5.65. The molecular weight excluding hydrogens is 264 g/mol. The molecule has 0 aromatic rings. The molecule has 100 valence electrons. The van der Waals surface area contributed by atoms with E-state index in [9.17, 15) is 13.2 Å². The van der Waals surface area contributed by atoms with Crippen molar-refractivity contribution in [1.82, 2.24) is 9.80 Å². The Hall–Kier alpha value is -0.330. The van der Waals surface area contributed by atoms with Gasteiger partial charge in [-0.1, -0.05) is 0 Å². The summed E-state index contributed by atoms with van der Waals surface area (Å²) >= 11 is 0. The Labute approximate surface area is 107 Å². The zero-order chi connectivity index (χ0) is 13.1. The normalized spacial score (nSPS) is 21.5. The van der Waals surface area contributed by atoms with Gasteiger partial charge in [0.1, 0.15) is 0 Å².